The monoisotopic (exact) mass is 278 g/mol. The van der Waals surface area contributed by atoms with Crippen LogP contribution in [0.2, 0.25) is 0 Å². The lowest BCUT2D eigenvalue weighted by Crippen LogP contribution is -2.31. The van der Waals surface area contributed by atoms with Gasteiger partial charge < -0.3 is 4.90 Å². The molecule has 0 spiro atoms. The molecule has 0 bridgehead atoms. The number of thioether (sulfide) groups is 1. The number of benzene rings is 1. The number of amides is 1. The van der Waals surface area contributed by atoms with Crippen LogP contribution < -0.4 is 5.32 Å². The Morgan fingerprint density at radius 1 is 1.26 bits per heavy atom. The minimum absolute atomic E-state index is 0.0398. The summed E-state index contributed by atoms with van der Waals surface area (Å²) in [6, 6.07) is 10.1. The number of rotatable bonds is 6. The summed E-state index contributed by atoms with van der Waals surface area (Å²) in [5, 5.41) is 3.38. The van der Waals surface area contributed by atoms with Crippen LogP contribution in [-0.2, 0) is 4.79 Å². The lowest BCUT2D eigenvalue weighted by atomic mass is 10.1. The summed E-state index contributed by atoms with van der Waals surface area (Å²) in [7, 11) is 0. The maximum atomic E-state index is 12.2. The van der Waals surface area contributed by atoms with Crippen molar-refractivity contribution in [3.63, 3.8) is 0 Å². The van der Waals surface area contributed by atoms with Crippen LogP contribution in [-0.4, -0.2) is 35.4 Å². The lowest BCUT2D eigenvalue weighted by Gasteiger charge is -2.24. The fraction of sp³-hybridized carbons (Fsp3) is 0.533. The maximum absolute atomic E-state index is 12.2. The molecule has 1 N–H and O–H groups in total. The van der Waals surface area contributed by atoms with Crippen molar-refractivity contribution < 1.29 is 4.79 Å². The molecule has 3 nitrogen and oxygen atoms in total. The molecular formula is C15H22N2OS. The van der Waals surface area contributed by atoms with Crippen molar-refractivity contribution in [2.45, 2.75) is 32.0 Å². The molecule has 0 saturated carbocycles. The molecule has 1 fully saturated rings. The molecule has 1 saturated heterocycles. The van der Waals surface area contributed by atoms with Gasteiger partial charge in [-0.15, -0.1) is 0 Å². The van der Waals surface area contributed by atoms with Gasteiger partial charge in [0.05, 0.1) is 6.04 Å². The first kappa shape index (κ1) is 14.4. The highest BCUT2D eigenvalue weighted by Gasteiger charge is 2.36. The second-order valence-corrected chi connectivity index (χ2v) is 5.92. The molecule has 1 aliphatic heterocycles. The summed E-state index contributed by atoms with van der Waals surface area (Å²) < 4.78 is 0. The molecule has 104 valence electrons. The molecule has 19 heavy (non-hydrogen) atoms. The Bertz CT molecular complexity index is 410. The van der Waals surface area contributed by atoms with Gasteiger partial charge in [-0.1, -0.05) is 30.3 Å². The van der Waals surface area contributed by atoms with Gasteiger partial charge in [-0.25, -0.2) is 0 Å². The van der Waals surface area contributed by atoms with Gasteiger partial charge in [0, 0.05) is 6.54 Å². The van der Waals surface area contributed by atoms with E-state index in [2.05, 4.69) is 23.7 Å². The molecule has 1 amide bonds. The highest BCUT2D eigenvalue weighted by Crippen LogP contribution is 2.25. The van der Waals surface area contributed by atoms with Crippen LogP contribution in [0.4, 0.5) is 0 Å². The molecule has 4 heteroatoms. The number of nitrogens with one attached hydrogen (secondary N) is 1. The number of hydrogen-bond donors (Lipinski definition) is 1. The van der Waals surface area contributed by atoms with E-state index in [9.17, 15) is 4.79 Å². The first-order valence-electron chi connectivity index (χ1n) is 6.84. The molecule has 1 aromatic carbocycles. The van der Waals surface area contributed by atoms with E-state index < -0.39 is 0 Å². The molecule has 0 aliphatic carbocycles. The van der Waals surface area contributed by atoms with Crippen LogP contribution in [0.25, 0.3) is 0 Å². The summed E-state index contributed by atoms with van der Waals surface area (Å²) in [5.41, 5.74) is 1.17. The van der Waals surface area contributed by atoms with Crippen molar-refractivity contribution in [1.29, 1.82) is 0 Å². The van der Waals surface area contributed by atoms with Crippen LogP contribution in [0.5, 0.6) is 0 Å². The zero-order valence-corrected chi connectivity index (χ0v) is 12.5. The third-order valence-electron chi connectivity index (χ3n) is 3.49. The van der Waals surface area contributed by atoms with Crippen LogP contribution in [0.1, 0.15) is 31.5 Å². The minimum Gasteiger partial charge on any atom is -0.322 e. The summed E-state index contributed by atoms with van der Waals surface area (Å²) in [6.45, 7) is 2.79. The normalized spacial score (nSPS) is 23.1. The van der Waals surface area contributed by atoms with Crippen molar-refractivity contribution in [1.82, 2.24) is 10.2 Å². The maximum Gasteiger partial charge on any atom is 0.241 e. The molecule has 0 aromatic heterocycles. The molecule has 1 aliphatic rings. The molecule has 0 radical (unpaired) electrons. The number of carbonyl (C=O) groups excluding carboxylic acids is 1. The van der Waals surface area contributed by atoms with Gasteiger partial charge in [0.2, 0.25) is 5.91 Å². The second kappa shape index (κ2) is 6.96. The van der Waals surface area contributed by atoms with Gasteiger partial charge in [0.1, 0.15) is 6.17 Å². The predicted molar refractivity (Wildman–Crippen MR) is 81.1 cm³/mol. The van der Waals surface area contributed by atoms with Crippen molar-refractivity contribution in [2.75, 3.05) is 18.6 Å². The molecule has 2 atom stereocenters. The van der Waals surface area contributed by atoms with Gasteiger partial charge in [-0.05, 0) is 37.3 Å². The SMILES string of the molecule is CSCCCCN1C(=O)C(C)NC1c1ccccc1. The molecule has 1 heterocycles. The molecular weight excluding hydrogens is 256 g/mol. The summed E-state index contributed by atoms with van der Waals surface area (Å²) in [4.78, 5) is 14.2. The van der Waals surface area contributed by atoms with E-state index in [-0.39, 0.29) is 18.1 Å². The topological polar surface area (TPSA) is 32.3 Å². The van der Waals surface area contributed by atoms with Gasteiger partial charge >= 0.3 is 0 Å². The molecule has 1 aromatic rings. The van der Waals surface area contributed by atoms with Gasteiger partial charge in [-0.3, -0.25) is 10.1 Å². The summed E-state index contributed by atoms with van der Waals surface area (Å²) in [6.07, 6.45) is 4.40. The smallest absolute Gasteiger partial charge is 0.241 e. The Morgan fingerprint density at radius 3 is 2.68 bits per heavy atom. The van der Waals surface area contributed by atoms with E-state index in [1.165, 1.54) is 17.7 Å². The van der Waals surface area contributed by atoms with Crippen LogP contribution in [0, 0.1) is 0 Å². The Hall–Kier alpha value is -1.00. The first-order valence-corrected chi connectivity index (χ1v) is 8.24. The minimum atomic E-state index is -0.0780. The van der Waals surface area contributed by atoms with E-state index in [0.29, 0.717) is 0 Å². The highest BCUT2D eigenvalue weighted by molar-refractivity contribution is 7.98. The van der Waals surface area contributed by atoms with Gasteiger partial charge in [-0.2, -0.15) is 11.8 Å². The van der Waals surface area contributed by atoms with Crippen LogP contribution in [0.15, 0.2) is 30.3 Å². The van der Waals surface area contributed by atoms with Crippen molar-refractivity contribution in [2.24, 2.45) is 0 Å². The van der Waals surface area contributed by atoms with E-state index in [4.69, 9.17) is 0 Å². The summed E-state index contributed by atoms with van der Waals surface area (Å²) in [5.74, 6) is 1.39. The Morgan fingerprint density at radius 2 is 2.00 bits per heavy atom. The number of nitrogens with zero attached hydrogens (tertiary/aromatic N) is 1. The third kappa shape index (κ3) is 3.51. The number of unbranched alkanes of at least 4 members (excludes halogenated alkanes) is 1. The predicted octanol–water partition coefficient (Wildman–Crippen LogP) is 2.65. The Kier molecular flexibility index (Phi) is 5.28. The second-order valence-electron chi connectivity index (χ2n) is 4.93. The molecule has 2 rings (SSSR count). The largest absolute Gasteiger partial charge is 0.322 e. The van der Waals surface area contributed by atoms with E-state index in [1.54, 1.807) is 0 Å². The number of carbonyl (C=O) groups is 1. The van der Waals surface area contributed by atoms with Gasteiger partial charge in [0.15, 0.2) is 0 Å². The third-order valence-corrected chi connectivity index (χ3v) is 4.18. The van der Waals surface area contributed by atoms with E-state index in [1.807, 2.05) is 41.8 Å². The molecule has 2 unspecified atom stereocenters. The quantitative estimate of drug-likeness (QED) is 0.812. The average Bonchev–Trinajstić information content (AvgIpc) is 2.72. The van der Waals surface area contributed by atoms with E-state index >= 15 is 0 Å². The van der Waals surface area contributed by atoms with Gasteiger partial charge in [0.25, 0.3) is 0 Å². The van der Waals surface area contributed by atoms with Crippen molar-refractivity contribution in [3.8, 4) is 0 Å². The Labute approximate surface area is 119 Å². The standard InChI is InChI=1S/C15H22N2OS/c1-12-15(18)17(10-6-7-11-19-2)14(16-12)13-8-4-3-5-9-13/h3-5,8-9,12,14,16H,6-7,10-11H2,1-2H3. The number of hydrogen-bond acceptors (Lipinski definition) is 3. The highest BCUT2D eigenvalue weighted by atomic mass is 32.2. The fourth-order valence-electron chi connectivity index (χ4n) is 2.45. The Balaban J connectivity index is 2.02. The van der Waals surface area contributed by atoms with Crippen molar-refractivity contribution in [3.05, 3.63) is 35.9 Å². The average molecular weight is 278 g/mol. The summed E-state index contributed by atoms with van der Waals surface area (Å²) >= 11 is 1.86. The zero-order chi connectivity index (χ0) is 13.7. The fourth-order valence-corrected chi connectivity index (χ4v) is 2.95. The van der Waals surface area contributed by atoms with E-state index in [0.717, 1.165) is 13.0 Å². The first-order chi connectivity index (χ1) is 9.24. The van der Waals surface area contributed by atoms with Crippen LogP contribution >= 0.6 is 11.8 Å². The van der Waals surface area contributed by atoms with Crippen LogP contribution in [0.3, 0.4) is 0 Å². The zero-order valence-electron chi connectivity index (χ0n) is 11.6. The van der Waals surface area contributed by atoms with Crippen molar-refractivity contribution >= 4 is 17.7 Å². The lowest BCUT2D eigenvalue weighted by molar-refractivity contribution is -0.129.